The quantitative estimate of drug-likeness (QED) is 0.800. The van der Waals surface area contributed by atoms with Crippen molar-refractivity contribution in [2.45, 2.75) is 51.6 Å². The molecule has 0 unspecified atom stereocenters. The molecular weight excluding hydrogens is 356 g/mol. The maximum atomic E-state index is 12.2. The van der Waals surface area contributed by atoms with Gasteiger partial charge in [0.2, 0.25) is 5.91 Å². The zero-order valence-corrected chi connectivity index (χ0v) is 17.0. The summed E-state index contributed by atoms with van der Waals surface area (Å²) in [7, 11) is 0. The highest BCUT2D eigenvalue weighted by atomic mass is 35.5. The zero-order valence-electron chi connectivity index (χ0n) is 16.2. The number of hydrogen-bond donors (Lipinski definition) is 1. The van der Waals surface area contributed by atoms with E-state index >= 15 is 0 Å². The monoisotopic (exact) mass is 384 g/mol. The Labute approximate surface area is 167 Å². The number of piperidine rings is 1. The van der Waals surface area contributed by atoms with Gasteiger partial charge >= 0.3 is 0 Å². The molecule has 2 aromatic carbocycles. The average molecular weight is 385 g/mol. The Balaban J connectivity index is 1.68. The number of carbonyl (C=O) groups is 1. The third-order valence-electron chi connectivity index (χ3n) is 5.58. The summed E-state index contributed by atoms with van der Waals surface area (Å²) in [6.07, 6.45) is 3.99. The second-order valence-electron chi connectivity index (χ2n) is 7.49. The number of aryl methyl sites for hydroxylation is 1. The molecule has 1 aliphatic heterocycles. The molecule has 0 saturated carbocycles. The minimum absolute atomic E-state index is 0.160. The number of halogens is 1. The molecule has 1 saturated heterocycles. The predicted octanol–water partition coefficient (Wildman–Crippen LogP) is 4.40. The van der Waals surface area contributed by atoms with Gasteiger partial charge in [-0.05, 0) is 68.0 Å². The first-order chi connectivity index (χ1) is 13.0. The predicted molar refractivity (Wildman–Crippen MR) is 112 cm³/mol. The Hall–Kier alpha value is -1.84. The minimum atomic E-state index is 0.160. The Morgan fingerprint density at radius 3 is 2.78 bits per heavy atom. The van der Waals surface area contributed by atoms with Crippen LogP contribution in [-0.2, 0) is 17.6 Å². The van der Waals surface area contributed by atoms with Crippen LogP contribution in [0.5, 0.6) is 0 Å². The van der Waals surface area contributed by atoms with E-state index < -0.39 is 0 Å². The maximum Gasteiger partial charge on any atom is 0.219 e. The third kappa shape index (κ3) is 5.33. The van der Waals surface area contributed by atoms with Crippen LogP contribution in [0.15, 0.2) is 48.5 Å². The fraction of sp³-hybridized carbons (Fsp3) is 0.435. The van der Waals surface area contributed by atoms with E-state index in [4.69, 9.17) is 11.6 Å². The van der Waals surface area contributed by atoms with Crippen molar-refractivity contribution in [1.29, 1.82) is 0 Å². The highest BCUT2D eigenvalue weighted by Crippen LogP contribution is 2.23. The van der Waals surface area contributed by atoms with Crippen LogP contribution < -0.4 is 5.32 Å². The van der Waals surface area contributed by atoms with Gasteiger partial charge in [-0.1, -0.05) is 48.0 Å². The van der Waals surface area contributed by atoms with Gasteiger partial charge in [0.15, 0.2) is 0 Å². The lowest BCUT2D eigenvalue weighted by Crippen LogP contribution is -2.56. The van der Waals surface area contributed by atoms with Crippen molar-refractivity contribution in [1.82, 2.24) is 10.2 Å². The normalized spacial score (nSPS) is 19.9. The van der Waals surface area contributed by atoms with Crippen molar-refractivity contribution in [3.8, 4) is 0 Å². The Bertz CT molecular complexity index is 776. The fourth-order valence-electron chi connectivity index (χ4n) is 4.13. The molecule has 1 aliphatic rings. The smallest absolute Gasteiger partial charge is 0.219 e. The summed E-state index contributed by atoms with van der Waals surface area (Å²) in [4.78, 5) is 14.3. The van der Waals surface area contributed by atoms with Crippen LogP contribution in [0.2, 0.25) is 5.02 Å². The molecule has 2 aromatic rings. The Kier molecular flexibility index (Phi) is 6.92. The molecule has 1 fully saturated rings. The first-order valence-corrected chi connectivity index (χ1v) is 10.2. The highest BCUT2D eigenvalue weighted by Gasteiger charge is 2.32. The van der Waals surface area contributed by atoms with Gasteiger partial charge in [0.1, 0.15) is 0 Å². The molecule has 1 amide bonds. The van der Waals surface area contributed by atoms with E-state index in [1.165, 1.54) is 16.7 Å². The number of rotatable bonds is 6. The molecule has 0 aromatic heterocycles. The van der Waals surface area contributed by atoms with E-state index in [0.717, 1.165) is 43.8 Å². The van der Waals surface area contributed by atoms with Crippen LogP contribution in [-0.4, -0.2) is 36.0 Å². The number of likely N-dealkylation sites (tertiary alicyclic amines) is 1. The standard InChI is InChI=1S/C23H29ClN2O/c1-17-7-3-4-9-20(17)12-13-25-22-11-6-14-26(18(2)27)23(22)16-19-8-5-10-21(24)15-19/h3-5,7-10,15,22-23,25H,6,11-14,16H2,1-2H3/t22-,23-/m0/s1. The summed E-state index contributed by atoms with van der Waals surface area (Å²) >= 11 is 6.17. The second-order valence-corrected chi connectivity index (χ2v) is 7.93. The highest BCUT2D eigenvalue weighted by molar-refractivity contribution is 6.30. The summed E-state index contributed by atoms with van der Waals surface area (Å²) in [5.74, 6) is 0.160. The summed E-state index contributed by atoms with van der Waals surface area (Å²) in [5, 5.41) is 4.49. The van der Waals surface area contributed by atoms with Crippen LogP contribution in [0.3, 0.4) is 0 Å². The number of benzene rings is 2. The number of nitrogens with one attached hydrogen (secondary N) is 1. The summed E-state index contributed by atoms with van der Waals surface area (Å²) in [6, 6.07) is 17.0. The summed E-state index contributed by atoms with van der Waals surface area (Å²) in [5.41, 5.74) is 3.91. The molecule has 3 nitrogen and oxygen atoms in total. The molecule has 2 atom stereocenters. The van der Waals surface area contributed by atoms with E-state index in [2.05, 4.69) is 42.6 Å². The zero-order chi connectivity index (χ0) is 19.2. The van der Waals surface area contributed by atoms with E-state index in [1.54, 1.807) is 6.92 Å². The summed E-state index contributed by atoms with van der Waals surface area (Å²) in [6.45, 7) is 5.61. The first-order valence-electron chi connectivity index (χ1n) is 9.84. The van der Waals surface area contributed by atoms with Gasteiger partial charge in [0.25, 0.3) is 0 Å². The van der Waals surface area contributed by atoms with Crippen molar-refractivity contribution in [2.75, 3.05) is 13.1 Å². The first kappa shape index (κ1) is 19.9. The molecule has 3 rings (SSSR count). The van der Waals surface area contributed by atoms with Gasteiger partial charge < -0.3 is 10.2 Å². The van der Waals surface area contributed by atoms with E-state index in [1.807, 2.05) is 23.1 Å². The van der Waals surface area contributed by atoms with E-state index in [9.17, 15) is 4.79 Å². The van der Waals surface area contributed by atoms with Gasteiger partial charge in [0, 0.05) is 24.5 Å². The number of carbonyl (C=O) groups excluding carboxylic acids is 1. The minimum Gasteiger partial charge on any atom is -0.338 e. The lowest BCUT2D eigenvalue weighted by atomic mass is 9.90. The summed E-state index contributed by atoms with van der Waals surface area (Å²) < 4.78 is 0. The van der Waals surface area contributed by atoms with Crippen molar-refractivity contribution < 1.29 is 4.79 Å². The van der Waals surface area contributed by atoms with Crippen molar-refractivity contribution in [3.63, 3.8) is 0 Å². The molecule has 0 aliphatic carbocycles. The largest absolute Gasteiger partial charge is 0.338 e. The van der Waals surface area contributed by atoms with Crippen molar-refractivity contribution >= 4 is 17.5 Å². The SMILES string of the molecule is CC(=O)N1CCC[C@H](NCCc2ccccc2C)[C@@H]1Cc1cccc(Cl)c1. The van der Waals surface area contributed by atoms with Gasteiger partial charge in [-0.2, -0.15) is 0 Å². The number of nitrogens with zero attached hydrogens (tertiary/aromatic N) is 1. The Morgan fingerprint density at radius 1 is 1.22 bits per heavy atom. The molecule has 27 heavy (non-hydrogen) atoms. The topological polar surface area (TPSA) is 32.3 Å². The average Bonchev–Trinajstić information content (AvgIpc) is 2.64. The molecule has 0 spiro atoms. The lowest BCUT2D eigenvalue weighted by Gasteiger charge is -2.41. The van der Waals surface area contributed by atoms with Gasteiger partial charge in [-0.3, -0.25) is 4.79 Å². The number of amides is 1. The molecular formula is C23H29ClN2O. The van der Waals surface area contributed by atoms with Crippen LogP contribution in [0.4, 0.5) is 0 Å². The van der Waals surface area contributed by atoms with Crippen LogP contribution in [0, 0.1) is 6.92 Å². The maximum absolute atomic E-state index is 12.2. The number of hydrogen-bond acceptors (Lipinski definition) is 2. The molecule has 144 valence electrons. The third-order valence-corrected chi connectivity index (χ3v) is 5.81. The van der Waals surface area contributed by atoms with Gasteiger partial charge in [-0.15, -0.1) is 0 Å². The lowest BCUT2D eigenvalue weighted by molar-refractivity contribution is -0.133. The molecule has 1 N–H and O–H groups in total. The van der Waals surface area contributed by atoms with Gasteiger partial charge in [0.05, 0.1) is 6.04 Å². The fourth-order valence-corrected chi connectivity index (χ4v) is 4.34. The van der Waals surface area contributed by atoms with Gasteiger partial charge in [-0.25, -0.2) is 0 Å². The van der Waals surface area contributed by atoms with Crippen LogP contribution in [0.25, 0.3) is 0 Å². The molecule has 0 radical (unpaired) electrons. The molecule has 1 heterocycles. The Morgan fingerprint density at radius 2 is 2.04 bits per heavy atom. The molecule has 4 heteroatoms. The van der Waals surface area contributed by atoms with Crippen molar-refractivity contribution in [3.05, 3.63) is 70.2 Å². The van der Waals surface area contributed by atoms with Crippen LogP contribution >= 0.6 is 11.6 Å². The second kappa shape index (κ2) is 9.38. The van der Waals surface area contributed by atoms with Crippen LogP contribution in [0.1, 0.15) is 36.5 Å². The molecule has 0 bridgehead atoms. The van der Waals surface area contributed by atoms with Crippen molar-refractivity contribution in [2.24, 2.45) is 0 Å². The van der Waals surface area contributed by atoms with E-state index in [-0.39, 0.29) is 11.9 Å². The van der Waals surface area contributed by atoms with E-state index in [0.29, 0.717) is 6.04 Å².